The van der Waals surface area contributed by atoms with Crippen LogP contribution < -0.4 is 10.6 Å². The lowest BCUT2D eigenvalue weighted by Crippen LogP contribution is -2.54. The van der Waals surface area contributed by atoms with E-state index in [9.17, 15) is 4.79 Å². The van der Waals surface area contributed by atoms with E-state index in [2.05, 4.69) is 52.9 Å². The standard InChI is InChI=1S/C20H29N5O/c1-14-8-9-17(12-15(14)2)23-20(10-6-5-7-11-20)19(26)22-16(3)18-24-21-13-25(18)4/h8-9,12-13,16,23H,5-7,10-11H2,1-4H3,(H,22,26)/t16-/m0/s1. The van der Waals surface area contributed by atoms with Crippen molar-refractivity contribution in [2.24, 2.45) is 7.05 Å². The van der Waals surface area contributed by atoms with Crippen LogP contribution in [0.15, 0.2) is 24.5 Å². The minimum Gasteiger partial charge on any atom is -0.371 e. The zero-order valence-corrected chi connectivity index (χ0v) is 16.2. The minimum atomic E-state index is -0.563. The highest BCUT2D eigenvalue weighted by atomic mass is 16.2. The van der Waals surface area contributed by atoms with Crippen molar-refractivity contribution in [3.63, 3.8) is 0 Å². The summed E-state index contributed by atoms with van der Waals surface area (Å²) < 4.78 is 1.84. The van der Waals surface area contributed by atoms with Gasteiger partial charge < -0.3 is 15.2 Å². The SMILES string of the molecule is Cc1ccc(NC2(C(=O)N[C@@H](C)c3nncn3C)CCCCC2)cc1C. The summed E-state index contributed by atoms with van der Waals surface area (Å²) in [7, 11) is 1.89. The Balaban J connectivity index is 1.81. The predicted octanol–water partition coefficient (Wildman–Crippen LogP) is 3.42. The van der Waals surface area contributed by atoms with Crippen molar-refractivity contribution in [2.75, 3.05) is 5.32 Å². The second kappa shape index (κ2) is 7.48. The van der Waals surface area contributed by atoms with E-state index in [1.165, 1.54) is 17.5 Å². The van der Waals surface area contributed by atoms with E-state index in [1.807, 2.05) is 18.5 Å². The highest BCUT2D eigenvalue weighted by Gasteiger charge is 2.40. The Morgan fingerprint density at radius 3 is 2.54 bits per heavy atom. The summed E-state index contributed by atoms with van der Waals surface area (Å²) in [5, 5.41) is 14.8. The lowest BCUT2D eigenvalue weighted by atomic mass is 9.80. The predicted molar refractivity (Wildman–Crippen MR) is 103 cm³/mol. The third kappa shape index (κ3) is 3.74. The molecule has 0 spiro atoms. The maximum absolute atomic E-state index is 13.3. The van der Waals surface area contributed by atoms with Crippen molar-refractivity contribution in [3.8, 4) is 0 Å². The molecule has 0 saturated heterocycles. The first kappa shape index (κ1) is 18.4. The minimum absolute atomic E-state index is 0.0472. The number of hydrogen-bond acceptors (Lipinski definition) is 4. The van der Waals surface area contributed by atoms with Crippen LogP contribution in [0.1, 0.15) is 62.0 Å². The van der Waals surface area contributed by atoms with Crippen LogP contribution in [0.5, 0.6) is 0 Å². The normalized spacial score (nSPS) is 17.5. The van der Waals surface area contributed by atoms with Gasteiger partial charge in [-0.1, -0.05) is 25.3 Å². The zero-order chi connectivity index (χ0) is 18.7. The Morgan fingerprint density at radius 2 is 1.92 bits per heavy atom. The molecule has 140 valence electrons. The average molecular weight is 355 g/mol. The molecule has 0 unspecified atom stereocenters. The van der Waals surface area contributed by atoms with Crippen molar-refractivity contribution in [1.29, 1.82) is 0 Å². The van der Waals surface area contributed by atoms with E-state index >= 15 is 0 Å². The number of benzene rings is 1. The maximum Gasteiger partial charge on any atom is 0.246 e. The molecule has 1 heterocycles. The van der Waals surface area contributed by atoms with Gasteiger partial charge in [0.25, 0.3) is 0 Å². The number of rotatable bonds is 5. The van der Waals surface area contributed by atoms with E-state index in [-0.39, 0.29) is 11.9 Å². The van der Waals surface area contributed by atoms with Crippen LogP contribution in [0.3, 0.4) is 0 Å². The Kier molecular flexibility index (Phi) is 5.30. The van der Waals surface area contributed by atoms with Crippen LogP contribution in [0.25, 0.3) is 0 Å². The molecule has 1 aromatic heterocycles. The second-order valence-electron chi connectivity index (χ2n) is 7.56. The van der Waals surface area contributed by atoms with E-state index in [0.717, 1.165) is 37.2 Å². The van der Waals surface area contributed by atoms with Gasteiger partial charge >= 0.3 is 0 Å². The number of amides is 1. The Morgan fingerprint density at radius 1 is 1.19 bits per heavy atom. The Bertz CT molecular complexity index is 776. The van der Waals surface area contributed by atoms with Crippen LogP contribution in [-0.2, 0) is 11.8 Å². The maximum atomic E-state index is 13.3. The summed E-state index contributed by atoms with van der Waals surface area (Å²) >= 11 is 0. The third-order valence-corrected chi connectivity index (χ3v) is 5.51. The topological polar surface area (TPSA) is 71.8 Å². The lowest BCUT2D eigenvalue weighted by molar-refractivity contribution is -0.127. The van der Waals surface area contributed by atoms with Gasteiger partial charge in [-0.25, -0.2) is 0 Å². The molecule has 1 aliphatic rings. The molecule has 1 saturated carbocycles. The highest BCUT2D eigenvalue weighted by Crippen LogP contribution is 2.33. The summed E-state index contributed by atoms with van der Waals surface area (Å²) in [5.41, 5.74) is 2.94. The van der Waals surface area contributed by atoms with Gasteiger partial charge in [0.05, 0.1) is 6.04 Å². The molecule has 1 fully saturated rings. The molecule has 1 aliphatic carbocycles. The molecule has 1 amide bonds. The smallest absolute Gasteiger partial charge is 0.246 e. The van der Waals surface area contributed by atoms with E-state index in [0.29, 0.717) is 0 Å². The summed E-state index contributed by atoms with van der Waals surface area (Å²) in [5.74, 6) is 0.807. The summed E-state index contributed by atoms with van der Waals surface area (Å²) in [4.78, 5) is 13.3. The van der Waals surface area contributed by atoms with Gasteiger partial charge in [0.2, 0.25) is 5.91 Å². The first-order valence-corrected chi connectivity index (χ1v) is 9.41. The Labute approximate surface area is 155 Å². The summed E-state index contributed by atoms with van der Waals surface area (Å²) in [6, 6.07) is 6.12. The number of nitrogens with one attached hydrogen (secondary N) is 2. The van der Waals surface area contributed by atoms with E-state index < -0.39 is 5.54 Å². The molecule has 3 rings (SSSR count). The number of aryl methyl sites for hydroxylation is 3. The summed E-state index contributed by atoms with van der Waals surface area (Å²) in [6.07, 6.45) is 6.64. The molecule has 0 aliphatic heterocycles. The molecule has 6 heteroatoms. The monoisotopic (exact) mass is 355 g/mol. The number of aromatic nitrogens is 3. The van der Waals surface area contributed by atoms with Crippen molar-refractivity contribution in [2.45, 2.75) is 64.5 Å². The van der Waals surface area contributed by atoms with Crippen LogP contribution in [0.4, 0.5) is 5.69 Å². The molecular weight excluding hydrogens is 326 g/mol. The van der Waals surface area contributed by atoms with Crippen molar-refractivity contribution in [1.82, 2.24) is 20.1 Å². The number of nitrogens with zero attached hydrogens (tertiary/aromatic N) is 3. The first-order valence-electron chi connectivity index (χ1n) is 9.41. The second-order valence-corrected chi connectivity index (χ2v) is 7.56. The van der Waals surface area contributed by atoms with Gasteiger partial charge in [-0.15, -0.1) is 10.2 Å². The largest absolute Gasteiger partial charge is 0.371 e. The molecule has 1 atom stereocenters. The molecule has 0 bridgehead atoms. The van der Waals surface area contributed by atoms with Gasteiger partial charge in [0.15, 0.2) is 5.82 Å². The molecule has 2 aromatic rings. The van der Waals surface area contributed by atoms with Gasteiger partial charge in [-0.05, 0) is 56.9 Å². The van der Waals surface area contributed by atoms with Crippen molar-refractivity contribution in [3.05, 3.63) is 41.5 Å². The average Bonchev–Trinajstić information content (AvgIpc) is 3.05. The van der Waals surface area contributed by atoms with Crippen LogP contribution in [0, 0.1) is 13.8 Å². The van der Waals surface area contributed by atoms with Gasteiger partial charge in [0.1, 0.15) is 11.9 Å². The number of carbonyl (C=O) groups excluding carboxylic acids is 1. The third-order valence-electron chi connectivity index (χ3n) is 5.51. The fourth-order valence-electron chi connectivity index (χ4n) is 3.74. The number of carbonyl (C=O) groups is 1. The van der Waals surface area contributed by atoms with Crippen LogP contribution in [-0.4, -0.2) is 26.2 Å². The quantitative estimate of drug-likeness (QED) is 0.862. The molecule has 2 N–H and O–H groups in total. The molecule has 26 heavy (non-hydrogen) atoms. The van der Waals surface area contributed by atoms with Gasteiger partial charge in [-0.3, -0.25) is 4.79 Å². The fraction of sp³-hybridized carbons (Fsp3) is 0.550. The molecule has 0 radical (unpaired) electrons. The highest BCUT2D eigenvalue weighted by molar-refractivity contribution is 5.89. The van der Waals surface area contributed by atoms with Crippen molar-refractivity contribution < 1.29 is 4.79 Å². The van der Waals surface area contributed by atoms with E-state index in [4.69, 9.17) is 0 Å². The lowest BCUT2D eigenvalue weighted by Gasteiger charge is -2.38. The van der Waals surface area contributed by atoms with Crippen LogP contribution in [0.2, 0.25) is 0 Å². The fourth-order valence-corrected chi connectivity index (χ4v) is 3.74. The van der Waals surface area contributed by atoms with Gasteiger partial charge in [0, 0.05) is 12.7 Å². The number of hydrogen-bond donors (Lipinski definition) is 2. The Hall–Kier alpha value is -2.37. The van der Waals surface area contributed by atoms with E-state index in [1.54, 1.807) is 6.33 Å². The van der Waals surface area contributed by atoms with Crippen molar-refractivity contribution >= 4 is 11.6 Å². The van der Waals surface area contributed by atoms with Crippen LogP contribution >= 0.6 is 0 Å². The first-order chi connectivity index (χ1) is 12.4. The molecule has 6 nitrogen and oxygen atoms in total. The molecular formula is C20H29N5O. The summed E-state index contributed by atoms with van der Waals surface area (Å²) in [6.45, 7) is 6.16. The van der Waals surface area contributed by atoms with Gasteiger partial charge in [-0.2, -0.15) is 0 Å². The number of anilines is 1. The molecule has 1 aromatic carbocycles. The zero-order valence-electron chi connectivity index (χ0n) is 16.2.